The highest BCUT2D eigenvalue weighted by molar-refractivity contribution is 5.80. The quantitative estimate of drug-likeness (QED) is 0.733. The molecule has 0 aromatic carbocycles. The fourth-order valence-electron chi connectivity index (χ4n) is 2.32. The maximum Gasteiger partial charge on any atom is 0.305 e. The van der Waals surface area contributed by atoms with Crippen LogP contribution in [0.15, 0.2) is 0 Å². The highest BCUT2D eigenvalue weighted by Crippen LogP contribution is 2.31. The van der Waals surface area contributed by atoms with Crippen molar-refractivity contribution >= 4 is 11.9 Å². The van der Waals surface area contributed by atoms with Crippen molar-refractivity contribution in [2.45, 2.75) is 52.5 Å². The molecule has 1 fully saturated rings. The Kier molecular flexibility index (Phi) is 5.35. The maximum atomic E-state index is 12.5. The smallest absolute Gasteiger partial charge is 0.305 e. The zero-order valence-corrected chi connectivity index (χ0v) is 12.2. The summed E-state index contributed by atoms with van der Waals surface area (Å²) < 4.78 is 0. The SMILES string of the molecule is CC(C)(C)CC(CN)C(=O)N(CCC(=O)O)C1CC1. The van der Waals surface area contributed by atoms with Crippen LogP contribution in [-0.2, 0) is 9.59 Å². The third-order valence-corrected chi connectivity index (χ3v) is 3.33. The van der Waals surface area contributed by atoms with Crippen LogP contribution in [0.2, 0.25) is 0 Å². The Balaban J connectivity index is 2.65. The second kappa shape index (κ2) is 6.37. The normalized spacial score (nSPS) is 17.1. The highest BCUT2D eigenvalue weighted by Gasteiger charge is 2.36. The first-order chi connectivity index (χ1) is 8.74. The first-order valence-corrected chi connectivity index (χ1v) is 6.97. The average molecular weight is 270 g/mol. The van der Waals surface area contributed by atoms with Gasteiger partial charge in [-0.05, 0) is 24.7 Å². The van der Waals surface area contributed by atoms with Gasteiger partial charge in [-0.2, -0.15) is 0 Å². The standard InChI is InChI=1S/C14H26N2O3/c1-14(2,3)8-10(9-15)13(19)16(11-4-5-11)7-6-12(17)18/h10-11H,4-9,15H2,1-3H3,(H,17,18). The molecule has 0 bridgehead atoms. The number of hydrogen-bond acceptors (Lipinski definition) is 3. The minimum atomic E-state index is -0.862. The van der Waals surface area contributed by atoms with Gasteiger partial charge in [-0.3, -0.25) is 9.59 Å². The summed E-state index contributed by atoms with van der Waals surface area (Å²) in [6, 6.07) is 0.237. The predicted molar refractivity (Wildman–Crippen MR) is 73.6 cm³/mol. The number of amides is 1. The largest absolute Gasteiger partial charge is 0.481 e. The van der Waals surface area contributed by atoms with Gasteiger partial charge in [0.15, 0.2) is 0 Å². The van der Waals surface area contributed by atoms with E-state index >= 15 is 0 Å². The molecule has 1 aliphatic carbocycles. The molecule has 0 heterocycles. The molecular weight excluding hydrogens is 244 g/mol. The van der Waals surface area contributed by atoms with Crippen LogP contribution in [0.4, 0.5) is 0 Å². The van der Waals surface area contributed by atoms with Crippen molar-refractivity contribution < 1.29 is 14.7 Å². The molecular formula is C14H26N2O3. The zero-order valence-electron chi connectivity index (χ0n) is 12.2. The number of carbonyl (C=O) groups excluding carboxylic acids is 1. The Hall–Kier alpha value is -1.10. The third-order valence-electron chi connectivity index (χ3n) is 3.33. The van der Waals surface area contributed by atoms with E-state index in [1.54, 1.807) is 4.90 Å². The van der Waals surface area contributed by atoms with Crippen LogP contribution in [-0.4, -0.2) is 41.0 Å². The molecule has 3 N–H and O–H groups in total. The number of aliphatic carboxylic acids is 1. The molecule has 0 radical (unpaired) electrons. The lowest BCUT2D eigenvalue weighted by molar-refractivity contribution is -0.140. The van der Waals surface area contributed by atoms with Gasteiger partial charge in [-0.25, -0.2) is 0 Å². The molecule has 0 aliphatic heterocycles. The minimum Gasteiger partial charge on any atom is -0.481 e. The third kappa shape index (κ3) is 5.59. The van der Waals surface area contributed by atoms with E-state index in [2.05, 4.69) is 20.8 Å². The number of carbonyl (C=O) groups is 2. The molecule has 1 amide bonds. The lowest BCUT2D eigenvalue weighted by atomic mass is 9.84. The Morgan fingerprint density at radius 3 is 2.32 bits per heavy atom. The van der Waals surface area contributed by atoms with Gasteiger partial charge in [0.05, 0.1) is 12.3 Å². The first kappa shape index (κ1) is 16.0. The van der Waals surface area contributed by atoms with Crippen molar-refractivity contribution in [3.63, 3.8) is 0 Å². The summed E-state index contributed by atoms with van der Waals surface area (Å²) in [5.41, 5.74) is 5.77. The van der Waals surface area contributed by atoms with E-state index in [0.29, 0.717) is 13.1 Å². The maximum absolute atomic E-state index is 12.5. The van der Waals surface area contributed by atoms with Gasteiger partial charge in [0.2, 0.25) is 5.91 Å². The van der Waals surface area contributed by atoms with Gasteiger partial charge in [0.1, 0.15) is 0 Å². The van der Waals surface area contributed by atoms with E-state index in [1.165, 1.54) is 0 Å². The lowest BCUT2D eigenvalue weighted by Gasteiger charge is -2.30. The van der Waals surface area contributed by atoms with Crippen molar-refractivity contribution in [2.24, 2.45) is 17.1 Å². The summed E-state index contributed by atoms with van der Waals surface area (Å²) in [7, 11) is 0. The van der Waals surface area contributed by atoms with Gasteiger partial charge in [0.25, 0.3) is 0 Å². The van der Waals surface area contributed by atoms with Crippen LogP contribution in [0, 0.1) is 11.3 Å². The summed E-state index contributed by atoms with van der Waals surface area (Å²) in [6.07, 6.45) is 2.71. The summed E-state index contributed by atoms with van der Waals surface area (Å²) >= 11 is 0. The number of nitrogens with zero attached hydrogens (tertiary/aromatic N) is 1. The van der Waals surface area contributed by atoms with Crippen molar-refractivity contribution in [3.8, 4) is 0 Å². The Bertz CT molecular complexity index is 332. The van der Waals surface area contributed by atoms with E-state index in [-0.39, 0.29) is 29.7 Å². The number of hydrogen-bond donors (Lipinski definition) is 2. The van der Waals surface area contributed by atoms with Crippen molar-refractivity contribution in [2.75, 3.05) is 13.1 Å². The van der Waals surface area contributed by atoms with Crippen LogP contribution in [0.3, 0.4) is 0 Å². The molecule has 0 aromatic rings. The first-order valence-electron chi connectivity index (χ1n) is 6.97. The molecule has 1 atom stereocenters. The van der Waals surface area contributed by atoms with E-state index < -0.39 is 5.97 Å². The fraction of sp³-hybridized carbons (Fsp3) is 0.857. The topological polar surface area (TPSA) is 83.6 Å². The van der Waals surface area contributed by atoms with Crippen LogP contribution in [0.25, 0.3) is 0 Å². The van der Waals surface area contributed by atoms with E-state index in [9.17, 15) is 9.59 Å². The van der Waals surface area contributed by atoms with Crippen LogP contribution in [0.1, 0.15) is 46.5 Å². The molecule has 0 aromatic heterocycles. The molecule has 110 valence electrons. The summed E-state index contributed by atoms with van der Waals surface area (Å²) in [6.45, 7) is 6.89. The number of carboxylic acid groups (broad SMARTS) is 1. The second-order valence-electron chi connectivity index (χ2n) is 6.60. The van der Waals surface area contributed by atoms with Gasteiger partial charge in [0, 0.05) is 19.1 Å². The Morgan fingerprint density at radius 1 is 1.37 bits per heavy atom. The molecule has 1 saturated carbocycles. The average Bonchev–Trinajstić information content (AvgIpc) is 3.08. The van der Waals surface area contributed by atoms with Gasteiger partial charge in [-0.1, -0.05) is 20.8 Å². The molecule has 19 heavy (non-hydrogen) atoms. The lowest BCUT2D eigenvalue weighted by Crippen LogP contribution is -2.42. The van der Waals surface area contributed by atoms with Gasteiger partial charge < -0.3 is 15.7 Å². The summed E-state index contributed by atoms with van der Waals surface area (Å²) in [5, 5.41) is 8.77. The monoisotopic (exact) mass is 270 g/mol. The van der Waals surface area contributed by atoms with E-state index in [4.69, 9.17) is 10.8 Å². The highest BCUT2D eigenvalue weighted by atomic mass is 16.4. The summed E-state index contributed by atoms with van der Waals surface area (Å²) in [5.74, 6) is -1.03. The summed E-state index contributed by atoms with van der Waals surface area (Å²) in [4.78, 5) is 24.9. The molecule has 5 nitrogen and oxygen atoms in total. The molecule has 1 unspecified atom stereocenters. The Morgan fingerprint density at radius 2 is 1.95 bits per heavy atom. The van der Waals surface area contributed by atoms with Crippen LogP contribution in [0.5, 0.6) is 0 Å². The Labute approximate surface area is 115 Å². The van der Waals surface area contributed by atoms with E-state index in [0.717, 1.165) is 19.3 Å². The van der Waals surface area contributed by atoms with Crippen LogP contribution < -0.4 is 5.73 Å². The number of carboxylic acids is 1. The van der Waals surface area contributed by atoms with Gasteiger partial charge >= 0.3 is 5.97 Å². The molecule has 0 saturated heterocycles. The van der Waals surface area contributed by atoms with Crippen molar-refractivity contribution in [1.82, 2.24) is 4.90 Å². The van der Waals surface area contributed by atoms with E-state index in [1.807, 2.05) is 0 Å². The van der Waals surface area contributed by atoms with Crippen LogP contribution >= 0.6 is 0 Å². The predicted octanol–water partition coefficient (Wildman–Crippen LogP) is 1.46. The minimum absolute atomic E-state index is 0.00898. The van der Waals surface area contributed by atoms with Crippen molar-refractivity contribution in [3.05, 3.63) is 0 Å². The molecule has 0 spiro atoms. The number of nitrogens with two attached hydrogens (primary N) is 1. The van der Waals surface area contributed by atoms with Gasteiger partial charge in [-0.15, -0.1) is 0 Å². The molecule has 1 aliphatic rings. The fourth-order valence-corrected chi connectivity index (χ4v) is 2.32. The second-order valence-corrected chi connectivity index (χ2v) is 6.60. The van der Waals surface area contributed by atoms with Crippen molar-refractivity contribution in [1.29, 1.82) is 0 Å². The molecule has 1 rings (SSSR count). The molecule has 5 heteroatoms. The number of rotatable bonds is 7. The zero-order chi connectivity index (χ0) is 14.6.